The van der Waals surface area contributed by atoms with E-state index in [2.05, 4.69) is 36.5 Å². The molecular weight excluding hydrogens is 182 g/mol. The van der Waals surface area contributed by atoms with Gasteiger partial charge in [-0.05, 0) is 18.9 Å². The van der Waals surface area contributed by atoms with Crippen molar-refractivity contribution in [2.45, 2.75) is 19.4 Å². The molecule has 72 valence electrons. The first-order valence-electron chi connectivity index (χ1n) is 4.66. The van der Waals surface area contributed by atoms with Gasteiger partial charge in [0.15, 0.2) is 0 Å². The Bertz CT molecular complexity index is 223. The van der Waals surface area contributed by atoms with Crippen molar-refractivity contribution < 1.29 is 0 Å². The zero-order chi connectivity index (χ0) is 9.52. The molecule has 0 aromatic heterocycles. The summed E-state index contributed by atoms with van der Waals surface area (Å²) in [4.78, 5) is 0. The van der Waals surface area contributed by atoms with E-state index in [1.165, 1.54) is 5.56 Å². The van der Waals surface area contributed by atoms with Gasteiger partial charge < -0.3 is 5.32 Å². The van der Waals surface area contributed by atoms with Crippen LogP contribution in [0.2, 0.25) is 0 Å². The van der Waals surface area contributed by atoms with Gasteiger partial charge in [0.05, 0.1) is 0 Å². The van der Waals surface area contributed by atoms with E-state index in [1.807, 2.05) is 6.07 Å². The van der Waals surface area contributed by atoms with Gasteiger partial charge >= 0.3 is 0 Å². The SMILES string of the molecule is C[C@@H](Cc1ccccc1)NCCCl. The van der Waals surface area contributed by atoms with Crippen LogP contribution in [-0.2, 0) is 6.42 Å². The third-order valence-corrected chi connectivity index (χ3v) is 2.16. The zero-order valence-corrected chi connectivity index (χ0v) is 8.72. The lowest BCUT2D eigenvalue weighted by molar-refractivity contribution is 0.567. The topological polar surface area (TPSA) is 12.0 Å². The van der Waals surface area contributed by atoms with Gasteiger partial charge in [-0.15, -0.1) is 11.6 Å². The molecule has 0 aliphatic heterocycles. The number of rotatable bonds is 5. The maximum absolute atomic E-state index is 5.59. The predicted molar refractivity (Wildman–Crippen MR) is 58.3 cm³/mol. The van der Waals surface area contributed by atoms with Crippen LogP contribution < -0.4 is 5.32 Å². The predicted octanol–water partition coefficient (Wildman–Crippen LogP) is 2.45. The monoisotopic (exact) mass is 197 g/mol. The van der Waals surface area contributed by atoms with Crippen molar-refractivity contribution in [1.82, 2.24) is 5.32 Å². The second-order valence-electron chi connectivity index (χ2n) is 3.23. The molecule has 1 rings (SSSR count). The molecule has 0 heterocycles. The standard InChI is InChI=1S/C11H16ClN/c1-10(13-8-7-12)9-11-5-3-2-4-6-11/h2-6,10,13H,7-9H2,1H3/t10-/m0/s1. The third kappa shape index (κ3) is 4.30. The molecule has 1 atom stereocenters. The minimum absolute atomic E-state index is 0.501. The van der Waals surface area contributed by atoms with Crippen LogP contribution in [-0.4, -0.2) is 18.5 Å². The molecule has 0 saturated carbocycles. The summed E-state index contributed by atoms with van der Waals surface area (Å²) in [5, 5.41) is 3.35. The molecule has 0 saturated heterocycles. The molecule has 1 N–H and O–H groups in total. The summed E-state index contributed by atoms with van der Waals surface area (Å²) in [5.41, 5.74) is 1.37. The van der Waals surface area contributed by atoms with Crippen LogP contribution in [0.15, 0.2) is 30.3 Å². The zero-order valence-electron chi connectivity index (χ0n) is 7.96. The van der Waals surface area contributed by atoms with E-state index in [4.69, 9.17) is 11.6 Å². The molecular formula is C11H16ClN. The summed E-state index contributed by atoms with van der Waals surface area (Å²) in [5.74, 6) is 0.680. The van der Waals surface area contributed by atoms with Crippen molar-refractivity contribution in [3.63, 3.8) is 0 Å². The second-order valence-corrected chi connectivity index (χ2v) is 3.61. The molecule has 0 bridgehead atoms. The summed E-state index contributed by atoms with van der Waals surface area (Å²) in [7, 11) is 0. The number of benzene rings is 1. The largest absolute Gasteiger partial charge is 0.313 e. The van der Waals surface area contributed by atoms with E-state index >= 15 is 0 Å². The minimum atomic E-state index is 0.501. The van der Waals surface area contributed by atoms with Crippen molar-refractivity contribution in [2.24, 2.45) is 0 Å². The van der Waals surface area contributed by atoms with Gasteiger partial charge in [-0.25, -0.2) is 0 Å². The van der Waals surface area contributed by atoms with Gasteiger partial charge in [0, 0.05) is 18.5 Å². The number of nitrogens with one attached hydrogen (secondary N) is 1. The molecule has 13 heavy (non-hydrogen) atoms. The average Bonchev–Trinajstić information content (AvgIpc) is 2.16. The average molecular weight is 198 g/mol. The van der Waals surface area contributed by atoms with Crippen LogP contribution in [0.25, 0.3) is 0 Å². The highest BCUT2D eigenvalue weighted by molar-refractivity contribution is 6.18. The number of hydrogen-bond donors (Lipinski definition) is 1. The Kier molecular flexibility index (Phi) is 4.87. The highest BCUT2D eigenvalue weighted by Gasteiger charge is 2.00. The van der Waals surface area contributed by atoms with E-state index in [9.17, 15) is 0 Å². The van der Waals surface area contributed by atoms with Gasteiger partial charge in [0.1, 0.15) is 0 Å². The number of hydrogen-bond acceptors (Lipinski definition) is 1. The molecule has 2 heteroatoms. The first-order chi connectivity index (χ1) is 6.33. The lowest BCUT2D eigenvalue weighted by atomic mass is 10.1. The van der Waals surface area contributed by atoms with Crippen molar-refractivity contribution in [1.29, 1.82) is 0 Å². The highest BCUT2D eigenvalue weighted by atomic mass is 35.5. The molecule has 0 unspecified atom stereocenters. The summed E-state index contributed by atoms with van der Waals surface area (Å²) in [6.45, 7) is 3.06. The van der Waals surface area contributed by atoms with E-state index < -0.39 is 0 Å². The number of halogens is 1. The highest BCUT2D eigenvalue weighted by Crippen LogP contribution is 2.02. The van der Waals surface area contributed by atoms with Crippen molar-refractivity contribution in [2.75, 3.05) is 12.4 Å². The Balaban J connectivity index is 2.32. The van der Waals surface area contributed by atoms with Crippen molar-refractivity contribution >= 4 is 11.6 Å². The van der Waals surface area contributed by atoms with Gasteiger partial charge in [-0.2, -0.15) is 0 Å². The molecule has 0 aliphatic carbocycles. The fourth-order valence-electron chi connectivity index (χ4n) is 1.34. The Morgan fingerprint density at radius 3 is 2.62 bits per heavy atom. The first-order valence-corrected chi connectivity index (χ1v) is 5.19. The van der Waals surface area contributed by atoms with E-state index in [1.54, 1.807) is 0 Å². The summed E-state index contributed by atoms with van der Waals surface area (Å²) >= 11 is 5.59. The van der Waals surface area contributed by atoms with E-state index in [0.717, 1.165) is 13.0 Å². The molecule has 0 radical (unpaired) electrons. The smallest absolute Gasteiger partial charge is 0.0348 e. The fraction of sp³-hybridized carbons (Fsp3) is 0.455. The Morgan fingerprint density at radius 1 is 1.31 bits per heavy atom. The Morgan fingerprint density at radius 2 is 2.00 bits per heavy atom. The third-order valence-electron chi connectivity index (χ3n) is 1.97. The molecule has 0 amide bonds. The lowest BCUT2D eigenvalue weighted by Crippen LogP contribution is -2.29. The fourth-order valence-corrected chi connectivity index (χ4v) is 1.45. The molecule has 0 fully saturated rings. The normalized spacial score (nSPS) is 12.8. The molecule has 0 aliphatic rings. The number of alkyl halides is 1. The minimum Gasteiger partial charge on any atom is -0.313 e. The van der Waals surface area contributed by atoms with Crippen molar-refractivity contribution in [3.05, 3.63) is 35.9 Å². The van der Waals surface area contributed by atoms with Gasteiger partial charge in [0.2, 0.25) is 0 Å². The van der Waals surface area contributed by atoms with Crippen LogP contribution in [0.3, 0.4) is 0 Å². The van der Waals surface area contributed by atoms with Crippen LogP contribution in [0.5, 0.6) is 0 Å². The molecule has 1 aromatic rings. The lowest BCUT2D eigenvalue weighted by Gasteiger charge is -2.12. The van der Waals surface area contributed by atoms with Crippen LogP contribution in [0, 0.1) is 0 Å². The van der Waals surface area contributed by atoms with Gasteiger partial charge in [-0.3, -0.25) is 0 Å². The summed E-state index contributed by atoms with van der Waals surface area (Å²) in [6.07, 6.45) is 1.07. The second kappa shape index (κ2) is 6.01. The molecule has 0 spiro atoms. The molecule has 1 nitrogen and oxygen atoms in total. The van der Waals surface area contributed by atoms with Crippen LogP contribution >= 0.6 is 11.6 Å². The van der Waals surface area contributed by atoms with E-state index in [0.29, 0.717) is 11.9 Å². The Hall–Kier alpha value is -0.530. The van der Waals surface area contributed by atoms with Crippen LogP contribution in [0.4, 0.5) is 0 Å². The quantitative estimate of drug-likeness (QED) is 0.716. The molecule has 1 aromatic carbocycles. The van der Waals surface area contributed by atoms with Crippen LogP contribution in [0.1, 0.15) is 12.5 Å². The van der Waals surface area contributed by atoms with Gasteiger partial charge in [0.25, 0.3) is 0 Å². The van der Waals surface area contributed by atoms with Crippen molar-refractivity contribution in [3.8, 4) is 0 Å². The van der Waals surface area contributed by atoms with E-state index in [-0.39, 0.29) is 0 Å². The maximum Gasteiger partial charge on any atom is 0.0348 e. The Labute approximate surface area is 85.1 Å². The maximum atomic E-state index is 5.59. The first kappa shape index (κ1) is 10.6. The summed E-state index contributed by atoms with van der Waals surface area (Å²) in [6, 6.07) is 11.0. The van der Waals surface area contributed by atoms with Gasteiger partial charge in [-0.1, -0.05) is 30.3 Å². The summed E-state index contributed by atoms with van der Waals surface area (Å²) < 4.78 is 0.